The summed E-state index contributed by atoms with van der Waals surface area (Å²) in [7, 11) is 0. The number of carbonyl (C=O) groups excluding carboxylic acids is 1. The van der Waals surface area contributed by atoms with E-state index in [2.05, 4.69) is 20.8 Å². The first kappa shape index (κ1) is 19.4. The van der Waals surface area contributed by atoms with Crippen molar-refractivity contribution >= 4 is 12.0 Å². The fourth-order valence-electron chi connectivity index (χ4n) is 5.41. The molecule has 1 N–H and O–H groups in total. The average Bonchev–Trinajstić information content (AvgIpc) is 3.16. The van der Waals surface area contributed by atoms with Gasteiger partial charge in [-0.2, -0.15) is 0 Å². The summed E-state index contributed by atoms with van der Waals surface area (Å²) in [6.45, 7) is 8.33. The predicted octanol–water partition coefficient (Wildman–Crippen LogP) is 4.29. The molecule has 0 aromatic heterocycles. The maximum absolute atomic E-state index is 12.7. The van der Waals surface area contributed by atoms with Crippen molar-refractivity contribution in [3.05, 3.63) is 53.1 Å². The first-order chi connectivity index (χ1) is 13.3. The third-order valence-corrected chi connectivity index (χ3v) is 7.10. The van der Waals surface area contributed by atoms with Crippen molar-refractivity contribution in [2.75, 3.05) is 0 Å². The Morgan fingerprint density at radius 1 is 1.32 bits per heavy atom. The van der Waals surface area contributed by atoms with Crippen LogP contribution in [0.3, 0.4) is 0 Å². The van der Waals surface area contributed by atoms with Crippen LogP contribution in [0.2, 0.25) is 0 Å². The van der Waals surface area contributed by atoms with Crippen LogP contribution in [0.15, 0.2) is 47.6 Å². The Balaban J connectivity index is 1.67. The molecule has 2 heterocycles. The van der Waals surface area contributed by atoms with Crippen LogP contribution < -0.4 is 0 Å². The van der Waals surface area contributed by atoms with Crippen molar-refractivity contribution < 1.29 is 19.4 Å². The molecule has 2 aliphatic heterocycles. The van der Waals surface area contributed by atoms with Gasteiger partial charge >= 0.3 is 5.97 Å². The maximum Gasteiger partial charge on any atom is 0.331 e. The second kappa shape index (κ2) is 6.85. The third-order valence-electron chi connectivity index (χ3n) is 7.10. The van der Waals surface area contributed by atoms with E-state index < -0.39 is 23.4 Å². The molecule has 2 bridgehead atoms. The van der Waals surface area contributed by atoms with E-state index in [4.69, 9.17) is 9.47 Å². The van der Waals surface area contributed by atoms with Crippen LogP contribution in [0.5, 0.6) is 0 Å². The molecule has 5 atom stereocenters. The zero-order valence-electron chi connectivity index (χ0n) is 17.1. The van der Waals surface area contributed by atoms with Gasteiger partial charge in [0.2, 0.25) is 0 Å². The summed E-state index contributed by atoms with van der Waals surface area (Å²) in [6, 6.07) is 9.71. The van der Waals surface area contributed by atoms with Gasteiger partial charge in [0.05, 0.1) is 11.7 Å². The van der Waals surface area contributed by atoms with Gasteiger partial charge in [0.25, 0.3) is 0 Å². The largest absolute Gasteiger partial charge is 0.452 e. The molecule has 0 spiro atoms. The number of esters is 1. The minimum Gasteiger partial charge on any atom is -0.452 e. The molecule has 1 aromatic carbocycles. The lowest BCUT2D eigenvalue weighted by molar-refractivity contribution is -0.220. The topological polar surface area (TPSA) is 55.8 Å². The summed E-state index contributed by atoms with van der Waals surface area (Å²) in [5.74, 6) is -0.150. The highest BCUT2D eigenvalue weighted by Gasteiger charge is 2.68. The number of aliphatic hydroxyl groups excluding tert-OH is 1. The van der Waals surface area contributed by atoms with E-state index in [9.17, 15) is 9.90 Å². The summed E-state index contributed by atoms with van der Waals surface area (Å²) in [5.41, 5.74) is 2.14. The fraction of sp³-hybridized carbons (Fsp3) is 0.542. The highest BCUT2D eigenvalue weighted by atomic mass is 16.6. The van der Waals surface area contributed by atoms with Gasteiger partial charge in [-0.25, -0.2) is 4.79 Å². The number of ether oxygens (including phenoxy) is 2. The fourth-order valence-corrected chi connectivity index (χ4v) is 5.41. The van der Waals surface area contributed by atoms with Gasteiger partial charge < -0.3 is 14.6 Å². The first-order valence-corrected chi connectivity index (χ1v) is 10.3. The molecule has 5 unspecified atom stereocenters. The highest BCUT2D eigenvalue weighted by molar-refractivity contribution is 5.87. The molecule has 0 radical (unpaired) electrons. The third kappa shape index (κ3) is 2.85. The van der Waals surface area contributed by atoms with Crippen molar-refractivity contribution in [3.63, 3.8) is 0 Å². The Kier molecular flexibility index (Phi) is 4.75. The van der Waals surface area contributed by atoms with Gasteiger partial charge in [-0.15, -0.1) is 0 Å². The van der Waals surface area contributed by atoms with Crippen LogP contribution in [0.25, 0.3) is 6.08 Å². The van der Waals surface area contributed by atoms with Crippen LogP contribution in [0.4, 0.5) is 0 Å². The van der Waals surface area contributed by atoms with Crippen molar-refractivity contribution in [1.29, 1.82) is 0 Å². The van der Waals surface area contributed by atoms with E-state index in [1.54, 1.807) is 6.08 Å². The van der Waals surface area contributed by atoms with Gasteiger partial charge in [0, 0.05) is 18.4 Å². The number of rotatable bonds is 4. The highest BCUT2D eigenvalue weighted by Crippen LogP contribution is 2.60. The molecule has 4 rings (SSSR count). The van der Waals surface area contributed by atoms with Crippen molar-refractivity contribution in [2.24, 2.45) is 11.8 Å². The number of carbonyl (C=O) groups is 1. The van der Waals surface area contributed by atoms with Crippen LogP contribution >= 0.6 is 0 Å². The van der Waals surface area contributed by atoms with E-state index in [1.807, 2.05) is 37.3 Å². The molecule has 0 amide bonds. The van der Waals surface area contributed by atoms with Gasteiger partial charge in [-0.3, -0.25) is 0 Å². The Hall–Kier alpha value is -1.91. The van der Waals surface area contributed by atoms with Crippen molar-refractivity contribution in [1.82, 2.24) is 0 Å². The van der Waals surface area contributed by atoms with Gasteiger partial charge in [-0.05, 0) is 49.8 Å². The summed E-state index contributed by atoms with van der Waals surface area (Å²) < 4.78 is 12.7. The zero-order valence-corrected chi connectivity index (χ0v) is 17.1. The molecule has 3 aliphatic rings. The molecule has 4 nitrogen and oxygen atoms in total. The number of hydrogen-bond acceptors (Lipinski definition) is 4. The van der Waals surface area contributed by atoms with Gasteiger partial charge in [0.1, 0.15) is 5.60 Å². The molecule has 4 heteroatoms. The second-order valence-corrected chi connectivity index (χ2v) is 9.00. The van der Waals surface area contributed by atoms with E-state index in [0.29, 0.717) is 6.42 Å². The van der Waals surface area contributed by atoms with Crippen LogP contribution in [0, 0.1) is 11.8 Å². The predicted molar refractivity (Wildman–Crippen MR) is 108 cm³/mol. The molecule has 1 aromatic rings. The smallest absolute Gasteiger partial charge is 0.331 e. The Labute approximate surface area is 167 Å². The van der Waals surface area contributed by atoms with E-state index in [0.717, 1.165) is 18.4 Å². The lowest BCUT2D eigenvalue weighted by atomic mass is 9.74. The lowest BCUT2D eigenvalue weighted by Crippen LogP contribution is -2.58. The molecular weight excluding hydrogens is 352 g/mol. The Morgan fingerprint density at radius 2 is 2.04 bits per heavy atom. The Bertz CT molecular complexity index is 824. The van der Waals surface area contributed by atoms with Gasteiger partial charge in [0.15, 0.2) is 6.10 Å². The molecular formula is C24H30O4. The minimum atomic E-state index is -0.679. The number of fused-ring (bicyclic) bond motifs is 4. The quantitative estimate of drug-likeness (QED) is 0.480. The monoisotopic (exact) mass is 382 g/mol. The summed E-state index contributed by atoms with van der Waals surface area (Å²) in [6.07, 6.45) is 4.67. The number of allylic oxidation sites excluding steroid dienone is 1. The normalized spacial score (nSPS) is 37.0. The zero-order chi connectivity index (χ0) is 20.1. The average molecular weight is 383 g/mol. The maximum atomic E-state index is 12.7. The summed E-state index contributed by atoms with van der Waals surface area (Å²) in [5, 5.41) is 10.9. The van der Waals surface area contributed by atoms with Crippen LogP contribution in [-0.4, -0.2) is 34.5 Å². The minimum absolute atomic E-state index is 0.104. The molecule has 2 saturated heterocycles. The van der Waals surface area contributed by atoms with E-state index in [-0.39, 0.29) is 17.8 Å². The standard InChI is InChI=1S/C24H30O4/c1-15(2)24-14-19(25)23(4,28-24)18-12-10-16(3)21(18)22(24)27-20(26)13-11-17-8-6-5-7-9-17/h5-9,11,13,15,18-19,22,25H,10,12,14H2,1-4H3/b13-11+. The number of benzene rings is 1. The first-order valence-electron chi connectivity index (χ1n) is 10.3. The molecule has 28 heavy (non-hydrogen) atoms. The SMILES string of the molecule is CC1=C2C(CC1)C1(C)OC(C(C)C)(CC1O)C2OC(=O)/C=C/c1ccccc1. The van der Waals surface area contributed by atoms with Crippen molar-refractivity contribution in [3.8, 4) is 0 Å². The molecule has 0 saturated carbocycles. The molecule has 150 valence electrons. The van der Waals surface area contributed by atoms with Gasteiger partial charge in [-0.1, -0.05) is 49.8 Å². The lowest BCUT2D eigenvalue weighted by Gasteiger charge is -2.50. The van der Waals surface area contributed by atoms with E-state index >= 15 is 0 Å². The summed E-state index contributed by atoms with van der Waals surface area (Å²) in [4.78, 5) is 12.7. The van der Waals surface area contributed by atoms with Crippen LogP contribution in [0.1, 0.15) is 52.5 Å². The van der Waals surface area contributed by atoms with E-state index in [1.165, 1.54) is 17.2 Å². The Morgan fingerprint density at radius 3 is 2.71 bits per heavy atom. The van der Waals surface area contributed by atoms with Crippen molar-refractivity contribution in [2.45, 2.75) is 70.4 Å². The summed E-state index contributed by atoms with van der Waals surface area (Å²) >= 11 is 0. The molecule has 1 aliphatic carbocycles. The number of hydrogen-bond donors (Lipinski definition) is 1. The number of aliphatic hydroxyl groups is 1. The van der Waals surface area contributed by atoms with Crippen LogP contribution in [-0.2, 0) is 14.3 Å². The molecule has 2 fully saturated rings. The second-order valence-electron chi connectivity index (χ2n) is 9.00.